The smallest absolute Gasteiger partial charge is 0.353 e. The highest BCUT2D eigenvalue weighted by Crippen LogP contribution is 2.34. The molecule has 0 amide bonds. The van der Waals surface area contributed by atoms with E-state index in [-0.39, 0.29) is 16.4 Å². The number of nitro groups is 1. The van der Waals surface area contributed by atoms with Crippen LogP contribution in [-0.4, -0.2) is 28.0 Å². The van der Waals surface area contributed by atoms with Crippen LogP contribution in [0.15, 0.2) is 30.6 Å². The van der Waals surface area contributed by atoms with Gasteiger partial charge in [0.15, 0.2) is 0 Å². The Morgan fingerprint density at radius 1 is 1.32 bits per heavy atom. The van der Waals surface area contributed by atoms with Crippen LogP contribution in [-0.2, 0) is 6.54 Å². The maximum atomic E-state index is 11.7. The second-order valence-corrected chi connectivity index (χ2v) is 6.68. The average molecular weight is 341 g/mol. The van der Waals surface area contributed by atoms with Gasteiger partial charge >= 0.3 is 5.69 Å². The number of aryl methyl sites for hydroxylation is 1. The highest BCUT2D eigenvalue weighted by atomic mass is 16.6. The zero-order chi connectivity index (χ0) is 17.8. The lowest BCUT2D eigenvalue weighted by molar-refractivity contribution is -0.383. The van der Waals surface area contributed by atoms with E-state index in [1.54, 1.807) is 0 Å². The second kappa shape index (κ2) is 7.46. The molecule has 25 heavy (non-hydrogen) atoms. The first-order chi connectivity index (χ1) is 12.0. The molecule has 132 valence electrons. The first kappa shape index (κ1) is 17.1. The fourth-order valence-corrected chi connectivity index (χ4v) is 3.17. The van der Waals surface area contributed by atoms with E-state index >= 15 is 0 Å². The van der Waals surface area contributed by atoms with Gasteiger partial charge < -0.3 is 10.2 Å². The van der Waals surface area contributed by atoms with Crippen molar-refractivity contribution in [2.45, 2.75) is 33.2 Å². The molecule has 1 aliphatic rings. The van der Waals surface area contributed by atoms with Crippen LogP contribution in [0.4, 0.5) is 17.3 Å². The van der Waals surface area contributed by atoms with Crippen molar-refractivity contribution in [2.24, 2.45) is 5.92 Å². The summed E-state index contributed by atoms with van der Waals surface area (Å²) in [5.41, 5.74) is 2.19. The van der Waals surface area contributed by atoms with Crippen molar-refractivity contribution in [3.63, 3.8) is 0 Å². The van der Waals surface area contributed by atoms with Gasteiger partial charge in [0.05, 0.1) is 4.92 Å². The Bertz CT molecular complexity index is 748. The minimum absolute atomic E-state index is 0.0382. The molecule has 7 heteroatoms. The Morgan fingerprint density at radius 2 is 2.08 bits per heavy atom. The molecule has 1 atom stereocenters. The SMILES string of the molecule is Cc1ccc(CNc2ncnc(N3CCCC(C)C3)c2[N+](=O)[O-])cc1. The molecule has 2 aromatic rings. The normalized spacial score (nSPS) is 17.4. The predicted molar refractivity (Wildman–Crippen MR) is 97.8 cm³/mol. The summed E-state index contributed by atoms with van der Waals surface area (Å²) in [5, 5.41) is 14.8. The number of aromatic nitrogens is 2. The summed E-state index contributed by atoms with van der Waals surface area (Å²) in [6.45, 7) is 6.25. The van der Waals surface area contributed by atoms with Crippen LogP contribution in [0.3, 0.4) is 0 Å². The molecule has 1 fully saturated rings. The first-order valence-electron chi connectivity index (χ1n) is 8.58. The predicted octanol–water partition coefficient (Wildman–Crippen LogP) is 3.54. The van der Waals surface area contributed by atoms with E-state index < -0.39 is 0 Å². The molecule has 1 aromatic heterocycles. The van der Waals surface area contributed by atoms with Gasteiger partial charge in [-0.3, -0.25) is 10.1 Å². The Labute approximate surface area is 147 Å². The van der Waals surface area contributed by atoms with Crippen molar-refractivity contribution in [1.82, 2.24) is 9.97 Å². The van der Waals surface area contributed by atoms with Crippen LogP contribution in [0.2, 0.25) is 0 Å². The molecule has 0 radical (unpaired) electrons. The summed E-state index contributed by atoms with van der Waals surface area (Å²) in [7, 11) is 0. The fourth-order valence-electron chi connectivity index (χ4n) is 3.17. The number of benzene rings is 1. The molecule has 7 nitrogen and oxygen atoms in total. The number of hydrogen-bond donors (Lipinski definition) is 1. The summed E-state index contributed by atoms with van der Waals surface area (Å²) >= 11 is 0. The number of nitrogens with one attached hydrogen (secondary N) is 1. The van der Waals surface area contributed by atoms with Crippen LogP contribution < -0.4 is 10.2 Å². The van der Waals surface area contributed by atoms with E-state index in [4.69, 9.17) is 0 Å². The van der Waals surface area contributed by atoms with Crippen molar-refractivity contribution in [3.05, 3.63) is 51.8 Å². The maximum Gasteiger partial charge on any atom is 0.353 e. The average Bonchev–Trinajstić information content (AvgIpc) is 2.60. The van der Waals surface area contributed by atoms with Crippen LogP contribution in [0, 0.1) is 23.0 Å². The molecule has 2 heterocycles. The number of nitrogens with zero attached hydrogens (tertiary/aromatic N) is 4. The zero-order valence-corrected chi connectivity index (χ0v) is 14.6. The summed E-state index contributed by atoms with van der Waals surface area (Å²) in [4.78, 5) is 21.6. The molecule has 0 saturated carbocycles. The lowest BCUT2D eigenvalue weighted by Gasteiger charge is -2.31. The molecule has 3 rings (SSSR count). The Hall–Kier alpha value is -2.70. The van der Waals surface area contributed by atoms with E-state index in [0.29, 0.717) is 18.3 Å². The van der Waals surface area contributed by atoms with Gasteiger partial charge in [-0.25, -0.2) is 9.97 Å². The Morgan fingerprint density at radius 3 is 2.76 bits per heavy atom. The van der Waals surface area contributed by atoms with E-state index in [1.807, 2.05) is 36.1 Å². The fraction of sp³-hybridized carbons (Fsp3) is 0.444. The van der Waals surface area contributed by atoms with Gasteiger partial charge in [-0.05, 0) is 31.2 Å². The van der Waals surface area contributed by atoms with Gasteiger partial charge in [0, 0.05) is 19.6 Å². The third kappa shape index (κ3) is 4.04. The van der Waals surface area contributed by atoms with Gasteiger partial charge in [0.1, 0.15) is 6.33 Å². The first-order valence-corrected chi connectivity index (χ1v) is 8.58. The molecule has 0 aliphatic carbocycles. The molecule has 0 spiro atoms. The van der Waals surface area contributed by atoms with Crippen molar-refractivity contribution in [2.75, 3.05) is 23.3 Å². The summed E-state index contributed by atoms with van der Waals surface area (Å²) in [5.74, 6) is 1.19. The molecule has 1 saturated heterocycles. The topological polar surface area (TPSA) is 84.2 Å². The monoisotopic (exact) mass is 341 g/mol. The molecule has 1 unspecified atom stereocenters. The van der Waals surface area contributed by atoms with Crippen LogP contribution in [0.5, 0.6) is 0 Å². The van der Waals surface area contributed by atoms with Crippen LogP contribution in [0.1, 0.15) is 30.9 Å². The van der Waals surface area contributed by atoms with Gasteiger partial charge in [0.25, 0.3) is 0 Å². The van der Waals surface area contributed by atoms with Gasteiger partial charge in [-0.1, -0.05) is 36.8 Å². The molecule has 1 aromatic carbocycles. The molecule has 0 bridgehead atoms. The lowest BCUT2D eigenvalue weighted by atomic mass is 10.0. The standard InChI is InChI=1S/C18H23N5O2/c1-13-5-7-15(8-6-13)10-19-17-16(23(24)25)18(21-12-20-17)22-9-3-4-14(2)11-22/h5-8,12,14H,3-4,9-11H2,1-2H3,(H,19,20,21). The Balaban J connectivity index is 1.84. The zero-order valence-electron chi connectivity index (χ0n) is 14.6. The van der Waals surface area contributed by atoms with Crippen LogP contribution in [0.25, 0.3) is 0 Å². The van der Waals surface area contributed by atoms with Crippen molar-refractivity contribution < 1.29 is 4.92 Å². The van der Waals surface area contributed by atoms with Crippen LogP contribution >= 0.6 is 0 Å². The van der Waals surface area contributed by atoms with E-state index in [0.717, 1.165) is 31.5 Å². The van der Waals surface area contributed by atoms with Crippen molar-refractivity contribution in [1.29, 1.82) is 0 Å². The Kier molecular flexibility index (Phi) is 5.11. The largest absolute Gasteiger partial charge is 0.360 e. The molecule has 1 N–H and O–H groups in total. The summed E-state index contributed by atoms with van der Waals surface area (Å²) in [6, 6.07) is 8.04. The third-order valence-corrected chi connectivity index (χ3v) is 4.52. The van der Waals surface area contributed by atoms with Crippen molar-refractivity contribution >= 4 is 17.3 Å². The molecular weight excluding hydrogens is 318 g/mol. The number of rotatable bonds is 5. The lowest BCUT2D eigenvalue weighted by Crippen LogP contribution is -2.35. The maximum absolute atomic E-state index is 11.7. The van der Waals surface area contributed by atoms with E-state index in [1.165, 1.54) is 11.9 Å². The number of piperidine rings is 1. The van der Waals surface area contributed by atoms with E-state index in [2.05, 4.69) is 22.2 Å². The summed E-state index contributed by atoms with van der Waals surface area (Å²) in [6.07, 6.45) is 3.57. The quantitative estimate of drug-likeness (QED) is 0.661. The van der Waals surface area contributed by atoms with Gasteiger partial charge in [0.2, 0.25) is 11.6 Å². The number of anilines is 2. The van der Waals surface area contributed by atoms with E-state index in [9.17, 15) is 10.1 Å². The second-order valence-electron chi connectivity index (χ2n) is 6.68. The highest BCUT2D eigenvalue weighted by molar-refractivity contribution is 5.70. The third-order valence-electron chi connectivity index (χ3n) is 4.52. The minimum Gasteiger partial charge on any atom is -0.360 e. The van der Waals surface area contributed by atoms with Crippen molar-refractivity contribution in [3.8, 4) is 0 Å². The summed E-state index contributed by atoms with van der Waals surface area (Å²) < 4.78 is 0. The highest BCUT2D eigenvalue weighted by Gasteiger charge is 2.29. The van der Waals surface area contributed by atoms with Gasteiger partial charge in [-0.15, -0.1) is 0 Å². The minimum atomic E-state index is -0.383. The molecular formula is C18H23N5O2. The number of hydrogen-bond acceptors (Lipinski definition) is 6. The van der Waals surface area contributed by atoms with Gasteiger partial charge in [-0.2, -0.15) is 0 Å². The molecule has 1 aliphatic heterocycles.